The van der Waals surface area contributed by atoms with Crippen LogP contribution < -0.4 is 0 Å². The SMILES string of the molecule is O=C(OCC1c2ccccc2-c2ccccc21)N1C2C=C(c3ccc(-c4ccccn4)cc3)CC1CCC2. The highest BCUT2D eigenvalue weighted by molar-refractivity contribution is 5.79. The van der Waals surface area contributed by atoms with Crippen LogP contribution in [-0.4, -0.2) is 34.7 Å². The molecule has 0 saturated carbocycles. The summed E-state index contributed by atoms with van der Waals surface area (Å²) in [6.45, 7) is 0.369. The summed E-state index contributed by atoms with van der Waals surface area (Å²) in [6.07, 6.45) is 7.95. The average molecular weight is 499 g/mol. The van der Waals surface area contributed by atoms with Crippen molar-refractivity contribution in [2.24, 2.45) is 0 Å². The predicted molar refractivity (Wildman–Crippen MR) is 151 cm³/mol. The first-order chi connectivity index (χ1) is 18.8. The molecule has 1 fully saturated rings. The molecule has 3 aliphatic rings. The third-order valence-corrected chi connectivity index (χ3v) is 8.40. The molecular weight excluding hydrogens is 468 g/mol. The van der Waals surface area contributed by atoms with E-state index < -0.39 is 0 Å². The van der Waals surface area contributed by atoms with E-state index in [4.69, 9.17) is 4.74 Å². The van der Waals surface area contributed by atoms with Crippen LogP contribution >= 0.6 is 0 Å². The van der Waals surface area contributed by atoms with Gasteiger partial charge in [-0.25, -0.2) is 4.79 Å². The Morgan fingerprint density at radius 3 is 2.18 bits per heavy atom. The van der Waals surface area contributed by atoms with Gasteiger partial charge in [-0.1, -0.05) is 84.9 Å². The lowest BCUT2D eigenvalue weighted by atomic mass is 9.83. The molecule has 4 aromatic rings. The summed E-state index contributed by atoms with van der Waals surface area (Å²) in [5.41, 5.74) is 9.65. The fourth-order valence-electron chi connectivity index (χ4n) is 6.59. The monoisotopic (exact) mass is 498 g/mol. The lowest BCUT2D eigenvalue weighted by molar-refractivity contribution is 0.0539. The molecule has 2 atom stereocenters. The summed E-state index contributed by atoms with van der Waals surface area (Å²) in [5, 5.41) is 0. The molecule has 2 unspecified atom stereocenters. The molecule has 3 aromatic carbocycles. The van der Waals surface area contributed by atoms with Crippen LogP contribution in [0.4, 0.5) is 4.79 Å². The molecule has 188 valence electrons. The molecule has 1 aromatic heterocycles. The maximum absolute atomic E-state index is 13.5. The van der Waals surface area contributed by atoms with Gasteiger partial charge in [0.25, 0.3) is 0 Å². The minimum atomic E-state index is -0.178. The molecule has 2 aliphatic heterocycles. The van der Waals surface area contributed by atoms with Crippen LogP contribution in [0, 0.1) is 0 Å². The van der Waals surface area contributed by atoms with Gasteiger partial charge in [0.1, 0.15) is 6.61 Å². The normalized spacial score (nSPS) is 19.9. The number of hydrogen-bond donors (Lipinski definition) is 0. The van der Waals surface area contributed by atoms with Crippen molar-refractivity contribution < 1.29 is 9.53 Å². The summed E-state index contributed by atoms with van der Waals surface area (Å²) in [7, 11) is 0. The second-order valence-electron chi connectivity index (χ2n) is 10.6. The van der Waals surface area contributed by atoms with Crippen molar-refractivity contribution in [1.82, 2.24) is 9.88 Å². The van der Waals surface area contributed by atoms with Crippen molar-refractivity contribution >= 4 is 11.7 Å². The zero-order valence-corrected chi connectivity index (χ0v) is 21.3. The number of carbonyl (C=O) groups excluding carboxylic acids is 1. The van der Waals surface area contributed by atoms with E-state index in [0.717, 1.165) is 36.9 Å². The Morgan fingerprint density at radius 1 is 0.816 bits per heavy atom. The van der Waals surface area contributed by atoms with Gasteiger partial charge in [0.2, 0.25) is 0 Å². The number of benzene rings is 3. The topological polar surface area (TPSA) is 42.4 Å². The standard InChI is InChI=1S/C34H30N2O2/c37-34(38-22-32-30-12-3-1-10-28(30)29-11-2-4-13-31(29)32)36-26-8-7-9-27(36)21-25(20-26)23-15-17-24(18-16-23)33-14-5-6-19-35-33/h1-6,10-20,26-27,32H,7-9,21-22H2. The molecule has 0 spiro atoms. The number of piperidine rings is 1. The number of ether oxygens (including phenoxy) is 1. The zero-order valence-electron chi connectivity index (χ0n) is 21.3. The first-order valence-electron chi connectivity index (χ1n) is 13.6. The molecular formula is C34H30N2O2. The molecule has 4 nitrogen and oxygen atoms in total. The van der Waals surface area contributed by atoms with Crippen LogP contribution in [0.5, 0.6) is 0 Å². The maximum Gasteiger partial charge on any atom is 0.410 e. The number of rotatable bonds is 4. The zero-order chi connectivity index (χ0) is 25.5. The highest BCUT2D eigenvalue weighted by atomic mass is 16.6. The minimum absolute atomic E-state index is 0.0831. The first kappa shape index (κ1) is 23.0. The second-order valence-corrected chi connectivity index (χ2v) is 10.6. The fourth-order valence-corrected chi connectivity index (χ4v) is 6.59. The van der Waals surface area contributed by atoms with E-state index in [-0.39, 0.29) is 24.1 Å². The number of hydrogen-bond acceptors (Lipinski definition) is 3. The number of amides is 1. The molecule has 2 bridgehead atoms. The van der Waals surface area contributed by atoms with Gasteiger partial charge in [-0.3, -0.25) is 9.88 Å². The molecule has 1 aliphatic carbocycles. The summed E-state index contributed by atoms with van der Waals surface area (Å²) in [5.74, 6) is 0.0831. The molecule has 7 rings (SSSR count). The molecule has 1 saturated heterocycles. The van der Waals surface area contributed by atoms with E-state index in [0.29, 0.717) is 6.61 Å². The highest BCUT2D eigenvalue weighted by Gasteiger charge is 2.39. The van der Waals surface area contributed by atoms with Crippen molar-refractivity contribution in [3.8, 4) is 22.4 Å². The number of nitrogens with zero attached hydrogens (tertiary/aromatic N) is 2. The van der Waals surface area contributed by atoms with E-state index in [1.165, 1.54) is 33.4 Å². The van der Waals surface area contributed by atoms with Crippen LogP contribution in [0.1, 0.15) is 48.3 Å². The average Bonchev–Trinajstić information content (AvgIpc) is 3.29. The lowest BCUT2D eigenvalue weighted by Crippen LogP contribution is -2.51. The summed E-state index contributed by atoms with van der Waals surface area (Å²) in [4.78, 5) is 20.0. The van der Waals surface area contributed by atoms with Gasteiger partial charge in [-0.05, 0) is 71.2 Å². The van der Waals surface area contributed by atoms with Gasteiger partial charge in [-0.2, -0.15) is 0 Å². The van der Waals surface area contributed by atoms with E-state index in [1.54, 1.807) is 0 Å². The number of pyridine rings is 1. The molecule has 4 heteroatoms. The first-order valence-corrected chi connectivity index (χ1v) is 13.6. The van der Waals surface area contributed by atoms with Crippen LogP contribution in [0.3, 0.4) is 0 Å². The van der Waals surface area contributed by atoms with E-state index in [1.807, 2.05) is 29.3 Å². The van der Waals surface area contributed by atoms with Gasteiger partial charge in [0.15, 0.2) is 0 Å². The number of carbonyl (C=O) groups is 1. The van der Waals surface area contributed by atoms with Gasteiger partial charge in [0, 0.05) is 23.7 Å². The highest BCUT2D eigenvalue weighted by Crippen LogP contribution is 2.45. The Hall–Kier alpha value is -4.18. The van der Waals surface area contributed by atoms with Crippen LogP contribution in [-0.2, 0) is 4.74 Å². The van der Waals surface area contributed by atoms with E-state index >= 15 is 0 Å². The Kier molecular flexibility index (Phi) is 5.81. The summed E-state index contributed by atoms with van der Waals surface area (Å²) < 4.78 is 6.07. The smallest absolute Gasteiger partial charge is 0.410 e. The largest absolute Gasteiger partial charge is 0.448 e. The van der Waals surface area contributed by atoms with E-state index in [2.05, 4.69) is 83.9 Å². The van der Waals surface area contributed by atoms with Crippen molar-refractivity contribution in [3.05, 3.63) is 120 Å². The fraction of sp³-hybridized carbons (Fsp3) is 0.235. The van der Waals surface area contributed by atoms with Crippen molar-refractivity contribution in [2.45, 2.75) is 43.7 Å². The van der Waals surface area contributed by atoms with Crippen LogP contribution in [0.25, 0.3) is 28.0 Å². The maximum atomic E-state index is 13.5. The van der Waals surface area contributed by atoms with Gasteiger partial charge in [-0.15, -0.1) is 0 Å². The quantitative estimate of drug-likeness (QED) is 0.289. The number of fused-ring (bicyclic) bond motifs is 5. The van der Waals surface area contributed by atoms with Gasteiger partial charge < -0.3 is 4.74 Å². The molecule has 0 radical (unpaired) electrons. The van der Waals surface area contributed by atoms with Crippen LogP contribution in [0.15, 0.2) is 103 Å². The minimum Gasteiger partial charge on any atom is -0.448 e. The lowest BCUT2D eigenvalue weighted by Gasteiger charge is -2.44. The molecule has 38 heavy (non-hydrogen) atoms. The van der Waals surface area contributed by atoms with Gasteiger partial charge >= 0.3 is 6.09 Å². The van der Waals surface area contributed by atoms with Crippen molar-refractivity contribution in [1.29, 1.82) is 0 Å². The third-order valence-electron chi connectivity index (χ3n) is 8.40. The molecule has 1 amide bonds. The molecule has 0 N–H and O–H groups in total. The third kappa shape index (κ3) is 4.01. The Bertz CT molecular complexity index is 1460. The Morgan fingerprint density at radius 2 is 1.50 bits per heavy atom. The number of aromatic nitrogens is 1. The van der Waals surface area contributed by atoms with Crippen LogP contribution in [0.2, 0.25) is 0 Å². The molecule has 3 heterocycles. The van der Waals surface area contributed by atoms with Crippen molar-refractivity contribution in [3.63, 3.8) is 0 Å². The van der Waals surface area contributed by atoms with E-state index in [9.17, 15) is 4.79 Å². The second kappa shape index (κ2) is 9.60. The summed E-state index contributed by atoms with van der Waals surface area (Å²) in [6, 6.07) is 31.9. The predicted octanol–water partition coefficient (Wildman–Crippen LogP) is 7.71. The van der Waals surface area contributed by atoms with Gasteiger partial charge in [0.05, 0.1) is 11.7 Å². The Labute approximate surface area is 223 Å². The summed E-state index contributed by atoms with van der Waals surface area (Å²) >= 11 is 0. The Balaban J connectivity index is 1.09. The van der Waals surface area contributed by atoms with Crippen molar-refractivity contribution in [2.75, 3.05) is 6.61 Å².